The van der Waals surface area contributed by atoms with Crippen molar-refractivity contribution in [3.63, 3.8) is 0 Å². The van der Waals surface area contributed by atoms with Crippen molar-refractivity contribution in [2.45, 2.75) is 40.0 Å². The van der Waals surface area contributed by atoms with Crippen LogP contribution in [0.3, 0.4) is 0 Å². The third-order valence-corrected chi connectivity index (χ3v) is 2.18. The first-order valence-corrected chi connectivity index (χ1v) is 5.03. The molecule has 13 heavy (non-hydrogen) atoms. The van der Waals surface area contributed by atoms with E-state index in [4.69, 9.17) is 0 Å². The number of nitrogens with zero attached hydrogens (tertiary/aromatic N) is 2. The molecule has 0 bridgehead atoms. The molecule has 0 N–H and O–H groups in total. The predicted octanol–water partition coefficient (Wildman–Crippen LogP) is 2.74. The lowest BCUT2D eigenvalue weighted by Gasteiger charge is -2.02. The van der Waals surface area contributed by atoms with E-state index in [0.717, 1.165) is 6.42 Å². The molecule has 0 aliphatic heterocycles. The summed E-state index contributed by atoms with van der Waals surface area (Å²) in [5, 5.41) is 4.49. The number of rotatable bonds is 3. The fraction of sp³-hybridized carbons (Fsp3) is 0.727. The first-order valence-electron chi connectivity index (χ1n) is 5.03. The number of hydrogen-bond acceptors (Lipinski definition) is 1. The Morgan fingerprint density at radius 3 is 2.31 bits per heavy atom. The zero-order valence-electron chi connectivity index (χ0n) is 9.33. The van der Waals surface area contributed by atoms with E-state index in [1.165, 1.54) is 11.4 Å². The van der Waals surface area contributed by atoms with E-state index >= 15 is 0 Å². The summed E-state index contributed by atoms with van der Waals surface area (Å²) in [7, 11) is 2.03. The molecule has 1 aromatic rings. The number of hydrogen-bond donors (Lipinski definition) is 0. The van der Waals surface area contributed by atoms with E-state index in [9.17, 15) is 0 Å². The summed E-state index contributed by atoms with van der Waals surface area (Å²) in [6, 6.07) is 2.23. The van der Waals surface area contributed by atoms with Gasteiger partial charge in [0.15, 0.2) is 0 Å². The van der Waals surface area contributed by atoms with Crippen molar-refractivity contribution in [3.05, 3.63) is 17.5 Å². The topological polar surface area (TPSA) is 17.8 Å². The second kappa shape index (κ2) is 3.95. The minimum Gasteiger partial charge on any atom is -0.272 e. The van der Waals surface area contributed by atoms with E-state index in [1.54, 1.807) is 0 Å². The van der Waals surface area contributed by atoms with Gasteiger partial charge in [-0.25, -0.2) is 0 Å². The van der Waals surface area contributed by atoms with Crippen molar-refractivity contribution in [2.75, 3.05) is 0 Å². The zero-order chi connectivity index (χ0) is 10.0. The minimum atomic E-state index is 0.568. The molecule has 0 aliphatic rings. The van der Waals surface area contributed by atoms with Crippen LogP contribution in [0, 0.1) is 5.92 Å². The van der Waals surface area contributed by atoms with Crippen LogP contribution in [0.1, 0.15) is 45.0 Å². The van der Waals surface area contributed by atoms with Gasteiger partial charge >= 0.3 is 0 Å². The van der Waals surface area contributed by atoms with Gasteiger partial charge in [0.25, 0.3) is 0 Å². The third-order valence-electron chi connectivity index (χ3n) is 2.18. The maximum Gasteiger partial charge on any atom is 0.0630 e. The van der Waals surface area contributed by atoms with Crippen LogP contribution in [0.2, 0.25) is 0 Å². The monoisotopic (exact) mass is 180 g/mol. The first kappa shape index (κ1) is 10.3. The Hall–Kier alpha value is -0.790. The highest BCUT2D eigenvalue weighted by Crippen LogP contribution is 2.16. The fourth-order valence-electron chi connectivity index (χ4n) is 1.60. The highest BCUT2D eigenvalue weighted by molar-refractivity contribution is 5.13. The summed E-state index contributed by atoms with van der Waals surface area (Å²) in [6.45, 7) is 8.86. The Balaban J connectivity index is 2.82. The van der Waals surface area contributed by atoms with E-state index in [1.807, 2.05) is 11.7 Å². The van der Waals surface area contributed by atoms with Crippen LogP contribution in [0.5, 0.6) is 0 Å². The van der Waals surface area contributed by atoms with Gasteiger partial charge in [-0.05, 0) is 24.3 Å². The lowest BCUT2D eigenvalue weighted by molar-refractivity contribution is 0.612. The van der Waals surface area contributed by atoms with Crippen LogP contribution in [-0.4, -0.2) is 9.78 Å². The highest BCUT2D eigenvalue weighted by Gasteiger charge is 2.08. The molecule has 0 spiro atoms. The minimum absolute atomic E-state index is 0.568. The molecule has 0 aliphatic carbocycles. The lowest BCUT2D eigenvalue weighted by atomic mass is 10.1. The van der Waals surface area contributed by atoms with Crippen molar-refractivity contribution in [2.24, 2.45) is 13.0 Å². The molecule has 0 aromatic carbocycles. The number of aryl methyl sites for hydroxylation is 1. The van der Waals surface area contributed by atoms with Crippen molar-refractivity contribution in [1.82, 2.24) is 9.78 Å². The Morgan fingerprint density at radius 1 is 1.31 bits per heavy atom. The Kier molecular flexibility index (Phi) is 3.12. The van der Waals surface area contributed by atoms with Crippen molar-refractivity contribution in [3.8, 4) is 0 Å². The van der Waals surface area contributed by atoms with Crippen LogP contribution in [0.15, 0.2) is 6.07 Å². The van der Waals surface area contributed by atoms with Gasteiger partial charge in [-0.2, -0.15) is 5.10 Å². The molecule has 74 valence electrons. The van der Waals surface area contributed by atoms with Crippen molar-refractivity contribution >= 4 is 0 Å². The van der Waals surface area contributed by atoms with Crippen LogP contribution in [0.25, 0.3) is 0 Å². The standard InChI is InChI=1S/C11H20N2/c1-8(2)6-10-7-11(9(3)4)13(5)12-10/h7-9H,6H2,1-5H3. The van der Waals surface area contributed by atoms with E-state index in [-0.39, 0.29) is 0 Å². The summed E-state index contributed by atoms with van der Waals surface area (Å²) in [4.78, 5) is 0. The molecule has 0 fully saturated rings. The molecule has 2 heteroatoms. The first-order chi connectivity index (χ1) is 6.00. The van der Waals surface area contributed by atoms with Crippen LogP contribution in [-0.2, 0) is 13.5 Å². The molecule has 0 saturated carbocycles. The average Bonchev–Trinajstić information content (AvgIpc) is 2.29. The molecule has 0 amide bonds. The van der Waals surface area contributed by atoms with Gasteiger partial charge in [-0.15, -0.1) is 0 Å². The summed E-state index contributed by atoms with van der Waals surface area (Å²) in [6.07, 6.45) is 1.08. The molecule has 1 aromatic heterocycles. The van der Waals surface area contributed by atoms with Crippen molar-refractivity contribution < 1.29 is 0 Å². The predicted molar refractivity (Wildman–Crippen MR) is 55.8 cm³/mol. The molecule has 1 rings (SSSR count). The van der Waals surface area contributed by atoms with Gasteiger partial charge in [-0.1, -0.05) is 27.7 Å². The Morgan fingerprint density at radius 2 is 1.92 bits per heavy atom. The van der Waals surface area contributed by atoms with Gasteiger partial charge in [0.2, 0.25) is 0 Å². The molecule has 0 saturated heterocycles. The second-order valence-electron chi connectivity index (χ2n) is 4.44. The quantitative estimate of drug-likeness (QED) is 0.699. The third kappa shape index (κ3) is 2.58. The van der Waals surface area contributed by atoms with Gasteiger partial charge in [0, 0.05) is 12.7 Å². The summed E-state index contributed by atoms with van der Waals surface area (Å²) < 4.78 is 2.00. The molecular weight excluding hydrogens is 160 g/mol. The van der Waals surface area contributed by atoms with E-state index < -0.39 is 0 Å². The van der Waals surface area contributed by atoms with Crippen molar-refractivity contribution in [1.29, 1.82) is 0 Å². The fourth-order valence-corrected chi connectivity index (χ4v) is 1.60. The lowest BCUT2D eigenvalue weighted by Crippen LogP contribution is -2.00. The normalized spacial score (nSPS) is 11.6. The maximum atomic E-state index is 4.49. The molecule has 0 unspecified atom stereocenters. The molecule has 2 nitrogen and oxygen atoms in total. The van der Waals surface area contributed by atoms with Crippen LogP contribution in [0.4, 0.5) is 0 Å². The molecule has 1 heterocycles. The summed E-state index contributed by atoms with van der Waals surface area (Å²) in [5.41, 5.74) is 2.55. The van der Waals surface area contributed by atoms with Gasteiger partial charge in [0.1, 0.15) is 0 Å². The molecular formula is C11H20N2. The van der Waals surface area contributed by atoms with Gasteiger partial charge in [0.05, 0.1) is 5.69 Å². The molecule has 0 radical (unpaired) electrons. The Labute approximate surface area is 81.0 Å². The smallest absolute Gasteiger partial charge is 0.0630 e. The van der Waals surface area contributed by atoms with Crippen LogP contribution < -0.4 is 0 Å². The average molecular weight is 180 g/mol. The highest BCUT2D eigenvalue weighted by atomic mass is 15.3. The SMILES string of the molecule is CC(C)Cc1cc(C(C)C)n(C)n1. The van der Waals surface area contributed by atoms with E-state index in [2.05, 4.69) is 38.9 Å². The number of aromatic nitrogens is 2. The van der Waals surface area contributed by atoms with Crippen LogP contribution >= 0.6 is 0 Å². The zero-order valence-corrected chi connectivity index (χ0v) is 9.33. The Bertz CT molecular complexity index is 272. The summed E-state index contributed by atoms with van der Waals surface area (Å²) in [5.74, 6) is 1.26. The van der Waals surface area contributed by atoms with Gasteiger partial charge < -0.3 is 0 Å². The second-order valence-corrected chi connectivity index (χ2v) is 4.44. The van der Waals surface area contributed by atoms with E-state index in [0.29, 0.717) is 11.8 Å². The van der Waals surface area contributed by atoms with Gasteiger partial charge in [-0.3, -0.25) is 4.68 Å². The summed E-state index contributed by atoms with van der Waals surface area (Å²) >= 11 is 0. The molecule has 0 atom stereocenters. The largest absolute Gasteiger partial charge is 0.272 e. The maximum absolute atomic E-state index is 4.49.